The summed E-state index contributed by atoms with van der Waals surface area (Å²) < 4.78 is 4.86. The molecule has 2 unspecified atom stereocenters. The molecule has 0 radical (unpaired) electrons. The molecular weight excluding hydrogens is 671 g/mol. The Kier molecular flexibility index (Phi) is 10.8. The van der Waals surface area contributed by atoms with Crippen LogP contribution in [0.2, 0.25) is 0 Å². The molecule has 272 valence electrons. The second-order valence-corrected chi connectivity index (χ2v) is 13.5. The lowest BCUT2D eigenvalue weighted by atomic mass is 9.98. The summed E-state index contributed by atoms with van der Waals surface area (Å²) in [6, 6.07) is 51.7. The maximum Gasteiger partial charge on any atom is 0.113 e. The molecule has 2 aromatic heterocycles. The number of nitrogens with zero attached hydrogens (tertiary/aromatic N) is 3. The maximum absolute atomic E-state index is 4.00. The van der Waals surface area contributed by atoms with Gasteiger partial charge in [0.05, 0.1) is 33.8 Å². The van der Waals surface area contributed by atoms with Crippen LogP contribution in [-0.2, 0) is 0 Å². The lowest BCUT2D eigenvalue weighted by Gasteiger charge is -2.38. The Morgan fingerprint density at radius 3 is 2.04 bits per heavy atom. The zero-order chi connectivity index (χ0) is 38.5. The first kappa shape index (κ1) is 36.7. The summed E-state index contributed by atoms with van der Waals surface area (Å²) in [5, 5.41) is 10.1. The predicted molar refractivity (Wildman–Crippen MR) is 231 cm³/mol. The number of rotatable bonds is 6. The van der Waals surface area contributed by atoms with Crippen molar-refractivity contribution < 1.29 is 0 Å². The average molecular weight is 718 g/mol. The van der Waals surface area contributed by atoms with Gasteiger partial charge < -0.3 is 14.8 Å². The van der Waals surface area contributed by atoms with Crippen LogP contribution in [0.15, 0.2) is 151 Å². The van der Waals surface area contributed by atoms with Gasteiger partial charge in [-0.15, -0.1) is 12.8 Å². The lowest BCUT2D eigenvalue weighted by molar-refractivity contribution is 0.418. The summed E-state index contributed by atoms with van der Waals surface area (Å²) >= 11 is 0. The van der Waals surface area contributed by atoms with Crippen LogP contribution < -0.4 is 10.6 Å². The van der Waals surface area contributed by atoms with Crippen molar-refractivity contribution in [3.05, 3.63) is 186 Å². The van der Waals surface area contributed by atoms with E-state index in [-0.39, 0.29) is 12.2 Å². The number of fused-ring (bicyclic) bond motifs is 2. The van der Waals surface area contributed by atoms with Crippen LogP contribution in [0.4, 0.5) is 0 Å². The van der Waals surface area contributed by atoms with Gasteiger partial charge >= 0.3 is 0 Å². The molecule has 2 atom stereocenters. The van der Waals surface area contributed by atoms with E-state index in [0.717, 1.165) is 34.7 Å². The number of aryl methyl sites for hydroxylation is 2. The molecule has 7 aromatic rings. The number of hydrogen-bond donors (Lipinski definition) is 2. The SMILES string of the molecule is C#C.CC.Cc1c(-c2c(C)c3ccccc3n2-c2ccccc2)n(C2=CC=C(C3NC(c4ccccc4)=CC(c4ccccc4)N3)CN2C)c2ccc#cc12. The zero-order valence-electron chi connectivity index (χ0n) is 32.2. The highest BCUT2D eigenvalue weighted by Crippen LogP contribution is 2.43. The van der Waals surface area contributed by atoms with E-state index in [9.17, 15) is 0 Å². The number of hydrogen-bond acceptors (Lipinski definition) is 3. The summed E-state index contributed by atoms with van der Waals surface area (Å²) in [5.74, 6) is 1.12. The molecule has 0 saturated heterocycles. The summed E-state index contributed by atoms with van der Waals surface area (Å²) in [5.41, 5.74) is 13.1. The predicted octanol–water partition coefficient (Wildman–Crippen LogP) is 10.7. The van der Waals surface area contributed by atoms with E-state index in [1.54, 1.807) is 0 Å². The first-order valence-electron chi connectivity index (χ1n) is 19.0. The van der Waals surface area contributed by atoms with E-state index in [4.69, 9.17) is 0 Å². The van der Waals surface area contributed by atoms with E-state index in [1.165, 1.54) is 50.1 Å². The first-order valence-corrected chi connectivity index (χ1v) is 19.0. The standard InChI is InChI=1S/C46H39N5.C2H6.C2H2/c1-31-37-23-13-15-25-41(37)50(36-21-11-6-12-22-36)44(31)45-32(2)38-24-14-16-26-42(38)51(45)43-28-27-35(30-49(43)3)46-47-39(33-17-7-4-8-18-33)29-40(48-46)34-19-9-5-10-20-34;2*1-2/h4-13,15-23,25-29,39,46-48H,30H2,1-3H3;1-2H3;1-2H. The van der Waals surface area contributed by atoms with Gasteiger partial charge in [-0.3, -0.25) is 9.88 Å². The van der Waals surface area contributed by atoms with Crippen molar-refractivity contribution in [1.82, 2.24) is 24.7 Å². The molecule has 0 aliphatic carbocycles. The van der Waals surface area contributed by atoms with E-state index < -0.39 is 0 Å². The maximum atomic E-state index is 4.00. The molecular formula is C50H47N5. The van der Waals surface area contributed by atoms with Crippen molar-refractivity contribution >= 4 is 33.3 Å². The second kappa shape index (κ2) is 16.1. The smallest absolute Gasteiger partial charge is 0.113 e. The number of para-hydroxylation sites is 2. The highest BCUT2D eigenvalue weighted by atomic mass is 15.3. The molecule has 4 heterocycles. The molecule has 0 saturated carbocycles. The Labute approximate surface area is 325 Å². The van der Waals surface area contributed by atoms with Crippen LogP contribution in [0.5, 0.6) is 0 Å². The van der Waals surface area contributed by atoms with Crippen molar-refractivity contribution in [3.63, 3.8) is 0 Å². The minimum atomic E-state index is -0.0518. The first-order chi connectivity index (χ1) is 27.1. The van der Waals surface area contributed by atoms with Gasteiger partial charge in [-0.2, -0.15) is 0 Å². The van der Waals surface area contributed by atoms with Gasteiger partial charge in [0.1, 0.15) is 12.0 Å². The minimum Gasteiger partial charge on any atom is -0.366 e. The number of benzene rings is 4. The molecule has 0 amide bonds. The van der Waals surface area contributed by atoms with E-state index in [1.807, 2.05) is 19.9 Å². The van der Waals surface area contributed by atoms with Gasteiger partial charge in [0.25, 0.3) is 0 Å². The van der Waals surface area contributed by atoms with E-state index >= 15 is 0 Å². The quantitative estimate of drug-likeness (QED) is 0.168. The van der Waals surface area contributed by atoms with Gasteiger partial charge in [0, 0.05) is 30.4 Å². The summed E-state index contributed by atoms with van der Waals surface area (Å²) in [4.78, 5) is 2.38. The molecule has 2 N–H and O–H groups in total. The normalized spacial score (nSPS) is 16.3. The fourth-order valence-corrected chi connectivity index (χ4v) is 7.95. The molecule has 0 spiro atoms. The Hall–Kier alpha value is -6.66. The second-order valence-electron chi connectivity index (χ2n) is 13.5. The summed E-state index contributed by atoms with van der Waals surface area (Å²) in [7, 11) is 2.20. The Morgan fingerprint density at radius 1 is 0.691 bits per heavy atom. The number of terminal acetylenes is 1. The van der Waals surface area contributed by atoms with Crippen molar-refractivity contribution in [3.8, 4) is 29.9 Å². The Morgan fingerprint density at radius 2 is 1.33 bits per heavy atom. The van der Waals surface area contributed by atoms with Gasteiger partial charge in [-0.1, -0.05) is 129 Å². The van der Waals surface area contributed by atoms with Gasteiger partial charge in [0.2, 0.25) is 0 Å². The Balaban J connectivity index is 0.00000113. The highest BCUT2D eigenvalue weighted by molar-refractivity contribution is 5.99. The Bertz CT molecular complexity index is 2530. The topological polar surface area (TPSA) is 37.2 Å². The van der Waals surface area contributed by atoms with E-state index in [2.05, 4.69) is 210 Å². The third-order valence-electron chi connectivity index (χ3n) is 10.4. The number of likely N-dealkylation sites (N-methyl/N-ethyl adjacent to an activating group) is 1. The summed E-state index contributed by atoms with van der Waals surface area (Å²) in [6.07, 6.45) is 14.8. The third kappa shape index (κ3) is 6.72. The van der Waals surface area contributed by atoms with Gasteiger partial charge in [0.15, 0.2) is 0 Å². The zero-order valence-corrected chi connectivity index (χ0v) is 32.2. The lowest BCUT2D eigenvalue weighted by Crippen LogP contribution is -2.49. The van der Waals surface area contributed by atoms with E-state index in [0.29, 0.717) is 0 Å². The largest absolute Gasteiger partial charge is 0.366 e. The number of allylic oxidation sites excluding steroid dienone is 2. The van der Waals surface area contributed by atoms with Crippen molar-refractivity contribution in [1.29, 1.82) is 0 Å². The average Bonchev–Trinajstić information content (AvgIpc) is 3.72. The molecule has 55 heavy (non-hydrogen) atoms. The molecule has 9 rings (SSSR count). The van der Waals surface area contributed by atoms with Crippen molar-refractivity contribution in [2.75, 3.05) is 13.6 Å². The highest BCUT2D eigenvalue weighted by Gasteiger charge is 2.30. The molecule has 0 bridgehead atoms. The molecule has 5 aromatic carbocycles. The third-order valence-corrected chi connectivity index (χ3v) is 10.4. The van der Waals surface area contributed by atoms with Crippen molar-refractivity contribution in [2.24, 2.45) is 0 Å². The van der Waals surface area contributed by atoms with Crippen LogP contribution in [-0.4, -0.2) is 33.8 Å². The van der Waals surface area contributed by atoms with Crippen LogP contribution in [0, 0.1) is 38.8 Å². The van der Waals surface area contributed by atoms with Crippen LogP contribution >= 0.6 is 0 Å². The number of nitrogens with one attached hydrogen (secondary N) is 2. The van der Waals surface area contributed by atoms with Crippen LogP contribution in [0.25, 0.3) is 50.4 Å². The van der Waals surface area contributed by atoms with Gasteiger partial charge in [-0.25, -0.2) is 0 Å². The molecule has 5 nitrogen and oxygen atoms in total. The molecule has 2 aliphatic rings. The summed E-state index contributed by atoms with van der Waals surface area (Å²) in [6.45, 7) is 9.24. The fraction of sp³-hybridized carbons (Fsp3) is 0.160. The fourth-order valence-electron chi connectivity index (χ4n) is 7.95. The number of aromatic nitrogens is 2. The monoisotopic (exact) mass is 717 g/mol. The molecule has 0 fully saturated rings. The molecule has 2 aliphatic heterocycles. The van der Waals surface area contributed by atoms with Crippen molar-refractivity contribution in [2.45, 2.75) is 39.9 Å². The van der Waals surface area contributed by atoms with Crippen LogP contribution in [0.1, 0.15) is 42.1 Å². The van der Waals surface area contributed by atoms with Crippen LogP contribution in [0.3, 0.4) is 0 Å². The molecule has 5 heteroatoms. The van der Waals surface area contributed by atoms with Gasteiger partial charge in [-0.05, 0) is 84.2 Å². The minimum absolute atomic E-state index is 0.0518.